The normalized spacial score (nSPS) is 17.1. The maximum absolute atomic E-state index is 12.4. The molecule has 4 rings (SSSR count). The van der Waals surface area contributed by atoms with Crippen LogP contribution in [-0.4, -0.2) is 46.1 Å². The van der Waals surface area contributed by atoms with Crippen molar-refractivity contribution in [3.05, 3.63) is 36.4 Å². The SMILES string of the molecule is COc1c(OCCCCCCCn2ccnc2)ccc2c1CN1C(=N2)NC(=O)C1C(C)C. The highest BCUT2D eigenvalue weighted by atomic mass is 16.5. The fraction of sp³-hybridized carbons (Fsp3) is 0.542. The highest BCUT2D eigenvalue weighted by Gasteiger charge is 2.41. The Morgan fingerprint density at radius 1 is 1.19 bits per heavy atom. The number of guanidine groups is 1. The fourth-order valence-corrected chi connectivity index (χ4v) is 4.46. The third-order valence-corrected chi connectivity index (χ3v) is 6.08. The molecule has 1 N–H and O–H groups in total. The van der Waals surface area contributed by atoms with Crippen LogP contribution in [0.15, 0.2) is 35.8 Å². The van der Waals surface area contributed by atoms with Crippen molar-refractivity contribution in [1.82, 2.24) is 19.8 Å². The Balaban J connectivity index is 1.29. The number of methoxy groups -OCH3 is 1. The van der Waals surface area contributed by atoms with Gasteiger partial charge in [0.2, 0.25) is 11.9 Å². The molecule has 0 spiro atoms. The maximum atomic E-state index is 12.4. The number of aromatic nitrogens is 2. The molecule has 2 aromatic rings. The van der Waals surface area contributed by atoms with Crippen molar-refractivity contribution in [2.75, 3.05) is 13.7 Å². The molecule has 1 unspecified atom stereocenters. The molecule has 1 amide bonds. The van der Waals surface area contributed by atoms with Gasteiger partial charge in [-0.1, -0.05) is 33.1 Å². The number of aryl methyl sites for hydroxylation is 1. The molecular formula is C24H33N5O3. The molecule has 0 saturated carbocycles. The minimum Gasteiger partial charge on any atom is -0.492 e. The number of aliphatic imine (C=N–C) groups is 1. The second kappa shape index (κ2) is 10.1. The number of ether oxygens (including phenoxy) is 2. The highest BCUT2D eigenvalue weighted by molar-refractivity contribution is 6.08. The predicted octanol–water partition coefficient (Wildman–Crippen LogP) is 3.88. The number of nitrogens with zero attached hydrogens (tertiary/aromatic N) is 4. The average molecular weight is 440 g/mol. The summed E-state index contributed by atoms with van der Waals surface area (Å²) in [5.41, 5.74) is 1.79. The quantitative estimate of drug-likeness (QED) is 0.538. The number of hydrogen-bond acceptors (Lipinski definition) is 6. The Bertz CT molecular complexity index is 955. The second-order valence-corrected chi connectivity index (χ2v) is 8.75. The van der Waals surface area contributed by atoms with Crippen molar-refractivity contribution in [3.8, 4) is 11.5 Å². The topological polar surface area (TPSA) is 81.0 Å². The smallest absolute Gasteiger partial charge is 0.249 e. The summed E-state index contributed by atoms with van der Waals surface area (Å²) < 4.78 is 13.9. The van der Waals surface area contributed by atoms with Gasteiger partial charge in [-0.15, -0.1) is 0 Å². The number of carbonyl (C=O) groups is 1. The van der Waals surface area contributed by atoms with Crippen LogP contribution in [0.5, 0.6) is 11.5 Å². The minimum absolute atomic E-state index is 0.00650. The zero-order valence-electron chi connectivity index (χ0n) is 19.2. The second-order valence-electron chi connectivity index (χ2n) is 8.75. The summed E-state index contributed by atoms with van der Waals surface area (Å²) in [6, 6.07) is 3.65. The molecule has 8 heteroatoms. The van der Waals surface area contributed by atoms with Crippen LogP contribution < -0.4 is 14.8 Å². The van der Waals surface area contributed by atoms with Gasteiger partial charge >= 0.3 is 0 Å². The molecular weight excluding hydrogens is 406 g/mol. The van der Waals surface area contributed by atoms with Crippen molar-refractivity contribution in [3.63, 3.8) is 0 Å². The lowest BCUT2D eigenvalue weighted by Crippen LogP contribution is -2.40. The van der Waals surface area contributed by atoms with E-state index in [0.29, 0.717) is 24.9 Å². The standard InChI is InChI=1S/C24H33N5O3/c1-17(2)21-23(30)27-24-26-19-9-10-20(22(31-3)18(19)15-29(21)24)32-14-8-6-4-5-7-12-28-13-11-25-16-28/h9-11,13,16-17,21H,4-8,12,14-15H2,1-3H3,(H,26,27,30). The number of nitrogens with one attached hydrogen (secondary N) is 1. The van der Waals surface area contributed by atoms with Crippen LogP contribution in [0.4, 0.5) is 5.69 Å². The summed E-state index contributed by atoms with van der Waals surface area (Å²) in [5, 5.41) is 2.91. The molecule has 1 atom stereocenters. The summed E-state index contributed by atoms with van der Waals surface area (Å²) in [5.74, 6) is 2.28. The largest absolute Gasteiger partial charge is 0.492 e. The fourth-order valence-electron chi connectivity index (χ4n) is 4.46. The van der Waals surface area contributed by atoms with E-state index in [1.54, 1.807) is 7.11 Å². The molecule has 2 aliphatic rings. The molecule has 0 radical (unpaired) electrons. The van der Waals surface area contributed by atoms with Crippen molar-refractivity contribution in [2.45, 2.75) is 65.1 Å². The number of amides is 1. The zero-order chi connectivity index (χ0) is 22.5. The number of hydrogen-bond donors (Lipinski definition) is 1. The summed E-state index contributed by atoms with van der Waals surface area (Å²) in [4.78, 5) is 23.2. The van der Waals surface area contributed by atoms with Gasteiger partial charge < -0.3 is 18.9 Å². The van der Waals surface area contributed by atoms with Gasteiger partial charge in [-0.2, -0.15) is 0 Å². The van der Waals surface area contributed by atoms with Crippen LogP contribution in [0.2, 0.25) is 0 Å². The van der Waals surface area contributed by atoms with E-state index in [4.69, 9.17) is 9.47 Å². The summed E-state index contributed by atoms with van der Waals surface area (Å²) in [6.07, 6.45) is 11.4. The van der Waals surface area contributed by atoms with Gasteiger partial charge in [-0.05, 0) is 30.9 Å². The van der Waals surface area contributed by atoms with Gasteiger partial charge in [-0.3, -0.25) is 10.1 Å². The third-order valence-electron chi connectivity index (χ3n) is 6.08. The van der Waals surface area contributed by atoms with Crippen molar-refractivity contribution >= 4 is 17.6 Å². The number of rotatable bonds is 11. The van der Waals surface area contributed by atoms with Crippen molar-refractivity contribution in [2.24, 2.45) is 10.9 Å². The monoisotopic (exact) mass is 439 g/mol. The number of benzene rings is 1. The number of unbranched alkanes of at least 4 members (excludes halogenated alkanes) is 4. The maximum Gasteiger partial charge on any atom is 0.249 e. The van der Waals surface area contributed by atoms with Crippen molar-refractivity contribution in [1.29, 1.82) is 0 Å². The van der Waals surface area contributed by atoms with Crippen LogP contribution in [0, 0.1) is 5.92 Å². The van der Waals surface area contributed by atoms with Gasteiger partial charge in [-0.25, -0.2) is 9.98 Å². The predicted molar refractivity (Wildman–Crippen MR) is 123 cm³/mol. The lowest BCUT2D eigenvalue weighted by Gasteiger charge is -2.30. The Kier molecular flexibility index (Phi) is 6.97. The van der Waals surface area contributed by atoms with E-state index in [1.165, 1.54) is 19.3 Å². The van der Waals surface area contributed by atoms with Gasteiger partial charge in [0.1, 0.15) is 6.04 Å². The first-order valence-corrected chi connectivity index (χ1v) is 11.5. The molecule has 3 heterocycles. The van der Waals surface area contributed by atoms with Crippen LogP contribution in [0.1, 0.15) is 51.5 Å². The van der Waals surface area contributed by atoms with Crippen molar-refractivity contribution < 1.29 is 14.3 Å². The van der Waals surface area contributed by atoms with E-state index in [2.05, 4.69) is 33.7 Å². The van der Waals surface area contributed by atoms with E-state index in [1.807, 2.05) is 35.8 Å². The Morgan fingerprint density at radius 2 is 2.00 bits per heavy atom. The van der Waals surface area contributed by atoms with Crippen LogP contribution in [0.25, 0.3) is 0 Å². The molecule has 8 nitrogen and oxygen atoms in total. The van der Waals surface area contributed by atoms with E-state index in [0.717, 1.165) is 36.4 Å². The lowest BCUT2D eigenvalue weighted by molar-refractivity contribution is -0.122. The minimum atomic E-state index is -0.218. The van der Waals surface area contributed by atoms with E-state index >= 15 is 0 Å². The molecule has 0 aliphatic carbocycles. The van der Waals surface area contributed by atoms with E-state index in [-0.39, 0.29) is 17.9 Å². The van der Waals surface area contributed by atoms with E-state index < -0.39 is 0 Å². The Morgan fingerprint density at radius 3 is 2.75 bits per heavy atom. The van der Waals surface area contributed by atoms with E-state index in [9.17, 15) is 4.79 Å². The molecule has 1 fully saturated rings. The average Bonchev–Trinajstić information content (AvgIpc) is 3.40. The van der Waals surface area contributed by atoms with Crippen LogP contribution in [0.3, 0.4) is 0 Å². The van der Waals surface area contributed by atoms with Crippen LogP contribution >= 0.6 is 0 Å². The summed E-state index contributed by atoms with van der Waals surface area (Å²) >= 11 is 0. The molecule has 2 aliphatic heterocycles. The first-order chi connectivity index (χ1) is 15.6. The summed E-state index contributed by atoms with van der Waals surface area (Å²) in [6.45, 7) is 6.37. The molecule has 1 aromatic carbocycles. The first kappa shape index (κ1) is 22.2. The third kappa shape index (κ3) is 4.74. The number of carbonyl (C=O) groups excluding carboxylic acids is 1. The molecule has 32 heavy (non-hydrogen) atoms. The molecule has 172 valence electrons. The lowest BCUT2D eigenvalue weighted by atomic mass is 10.0. The van der Waals surface area contributed by atoms with Crippen LogP contribution in [-0.2, 0) is 17.9 Å². The summed E-state index contributed by atoms with van der Waals surface area (Å²) in [7, 11) is 1.66. The number of fused-ring (bicyclic) bond motifs is 2. The van der Waals surface area contributed by atoms with Gasteiger partial charge in [0.15, 0.2) is 11.5 Å². The van der Waals surface area contributed by atoms with Gasteiger partial charge in [0.25, 0.3) is 0 Å². The Labute approximate surface area is 189 Å². The van der Waals surface area contributed by atoms with Gasteiger partial charge in [0.05, 0.1) is 32.3 Å². The molecule has 1 saturated heterocycles. The molecule has 0 bridgehead atoms. The first-order valence-electron chi connectivity index (χ1n) is 11.5. The highest BCUT2D eigenvalue weighted by Crippen LogP contribution is 2.42. The molecule has 1 aromatic heterocycles. The Hall–Kier alpha value is -3.03. The zero-order valence-corrected chi connectivity index (χ0v) is 19.2. The van der Waals surface area contributed by atoms with Gasteiger partial charge in [0, 0.05) is 24.5 Å². The number of imidazole rings is 1.